The van der Waals surface area contributed by atoms with E-state index in [0.717, 1.165) is 109 Å². The Kier molecular flexibility index (Phi) is 65.1. The van der Waals surface area contributed by atoms with Crippen LogP contribution in [-0.2, 0) is 28.6 Å². The van der Waals surface area contributed by atoms with Crippen LogP contribution in [0.1, 0.15) is 367 Å². The number of esters is 3. The maximum absolute atomic E-state index is 12.9. The summed E-state index contributed by atoms with van der Waals surface area (Å²) in [6.45, 7) is 6.57. The van der Waals surface area contributed by atoms with Gasteiger partial charge < -0.3 is 14.2 Å². The molecule has 6 nitrogen and oxygen atoms in total. The number of ether oxygens (including phenoxy) is 3. The number of hydrogen-bond donors (Lipinski definition) is 0. The highest BCUT2D eigenvalue weighted by atomic mass is 16.6. The van der Waals surface area contributed by atoms with Crippen molar-refractivity contribution in [1.82, 2.24) is 0 Å². The van der Waals surface area contributed by atoms with E-state index >= 15 is 0 Å². The molecule has 1 atom stereocenters. The molecular weight excluding hydrogens is 973 g/mol. The average Bonchev–Trinajstić information content (AvgIpc) is 3.45. The van der Waals surface area contributed by atoms with Crippen LogP contribution in [0, 0.1) is 0 Å². The van der Waals surface area contributed by atoms with Crippen LogP contribution in [0.25, 0.3) is 0 Å². The molecule has 0 saturated carbocycles. The largest absolute Gasteiger partial charge is 0.462 e. The molecule has 0 aromatic carbocycles. The van der Waals surface area contributed by atoms with Gasteiger partial charge in [0.1, 0.15) is 13.2 Å². The zero-order valence-corrected chi connectivity index (χ0v) is 52.9. The van der Waals surface area contributed by atoms with E-state index in [4.69, 9.17) is 14.2 Å². The lowest BCUT2D eigenvalue weighted by Gasteiger charge is -2.18. The van der Waals surface area contributed by atoms with Gasteiger partial charge in [-0.3, -0.25) is 14.4 Å². The molecule has 0 spiro atoms. The van der Waals surface area contributed by atoms with Crippen LogP contribution in [0.15, 0.2) is 60.8 Å². The number of carbonyl (C=O) groups excluding carboxylic acids is 3. The quantitative estimate of drug-likeness (QED) is 0.0261. The standard InChI is InChI=1S/C73H132O6/c1-4-7-10-13-16-19-22-25-27-29-31-33-34-35-36-37-38-40-41-43-45-48-51-54-57-60-63-66-72(75)78-69-70(68-77-71(74)65-62-59-56-53-50-47-24-21-18-15-12-9-6-3)79-73(76)67-64-61-58-55-52-49-46-44-42-39-32-30-28-26-23-20-17-14-11-8-5-2/h8,11,17,20,26,28,32,39,44,46,70H,4-7,9-10,12-16,18-19,21-25,27,29-31,33-38,40-43,45,47-69H2,1-3H3/b11-8-,20-17-,28-26-,39-32-,46-44-. The molecule has 0 aliphatic heterocycles. The molecule has 0 heterocycles. The summed E-state index contributed by atoms with van der Waals surface area (Å²) in [6.07, 6.45) is 86.8. The third-order valence-corrected chi connectivity index (χ3v) is 15.5. The molecule has 0 aromatic rings. The smallest absolute Gasteiger partial charge is 0.306 e. The topological polar surface area (TPSA) is 78.9 Å². The van der Waals surface area contributed by atoms with Crippen LogP contribution in [-0.4, -0.2) is 37.2 Å². The fourth-order valence-electron chi connectivity index (χ4n) is 10.4. The molecule has 0 bridgehead atoms. The minimum absolute atomic E-state index is 0.0775. The lowest BCUT2D eigenvalue weighted by Crippen LogP contribution is -2.30. The van der Waals surface area contributed by atoms with Crippen molar-refractivity contribution in [2.45, 2.75) is 374 Å². The van der Waals surface area contributed by atoms with Gasteiger partial charge in [0.2, 0.25) is 0 Å². The molecule has 0 aliphatic rings. The zero-order chi connectivity index (χ0) is 57.1. The second kappa shape index (κ2) is 67.6. The monoisotopic (exact) mass is 1110 g/mol. The fourth-order valence-corrected chi connectivity index (χ4v) is 10.4. The predicted octanol–water partition coefficient (Wildman–Crippen LogP) is 23.9. The molecule has 0 aromatic heterocycles. The van der Waals surface area contributed by atoms with E-state index in [1.807, 2.05) is 0 Å². The summed E-state index contributed by atoms with van der Waals surface area (Å²) in [5.74, 6) is -0.873. The number of hydrogen-bond acceptors (Lipinski definition) is 6. The van der Waals surface area contributed by atoms with Crippen molar-refractivity contribution >= 4 is 17.9 Å². The predicted molar refractivity (Wildman–Crippen MR) is 344 cm³/mol. The summed E-state index contributed by atoms with van der Waals surface area (Å²) < 4.78 is 17.0. The molecule has 79 heavy (non-hydrogen) atoms. The SMILES string of the molecule is CC/C=C\C/C=C\C/C=C\C/C=C\C/C=C\CCCCCCCC(=O)OC(COC(=O)CCCCCCCCCCCCCCC)COC(=O)CCCCCCCCCCCCCCCCCCCCCCCCCCCCC. The third-order valence-electron chi connectivity index (χ3n) is 15.5. The van der Waals surface area contributed by atoms with Crippen LogP contribution in [0.4, 0.5) is 0 Å². The van der Waals surface area contributed by atoms with E-state index in [1.54, 1.807) is 0 Å². The minimum Gasteiger partial charge on any atom is -0.462 e. The van der Waals surface area contributed by atoms with Gasteiger partial charge in [-0.05, 0) is 64.2 Å². The summed E-state index contributed by atoms with van der Waals surface area (Å²) in [5.41, 5.74) is 0. The number of carbonyl (C=O) groups is 3. The highest BCUT2D eigenvalue weighted by molar-refractivity contribution is 5.71. The number of allylic oxidation sites excluding steroid dienone is 10. The van der Waals surface area contributed by atoms with Gasteiger partial charge in [-0.1, -0.05) is 345 Å². The second-order valence-electron chi connectivity index (χ2n) is 23.4. The summed E-state index contributed by atoms with van der Waals surface area (Å²) in [6, 6.07) is 0. The van der Waals surface area contributed by atoms with Crippen molar-refractivity contribution in [3.8, 4) is 0 Å². The molecule has 0 saturated heterocycles. The Balaban J connectivity index is 4.25. The van der Waals surface area contributed by atoms with Gasteiger partial charge in [-0.25, -0.2) is 0 Å². The van der Waals surface area contributed by atoms with Gasteiger partial charge in [-0.15, -0.1) is 0 Å². The Bertz CT molecular complexity index is 1410. The summed E-state index contributed by atoms with van der Waals surface area (Å²) >= 11 is 0. The second-order valence-corrected chi connectivity index (χ2v) is 23.4. The first-order chi connectivity index (χ1) is 39.0. The molecule has 460 valence electrons. The molecule has 1 unspecified atom stereocenters. The van der Waals surface area contributed by atoms with Crippen LogP contribution >= 0.6 is 0 Å². The number of rotatable bonds is 64. The normalized spacial score (nSPS) is 12.4. The van der Waals surface area contributed by atoms with E-state index in [9.17, 15) is 14.4 Å². The van der Waals surface area contributed by atoms with Crippen LogP contribution in [0.3, 0.4) is 0 Å². The molecular formula is C73H132O6. The van der Waals surface area contributed by atoms with Crippen molar-refractivity contribution in [2.24, 2.45) is 0 Å². The van der Waals surface area contributed by atoms with Crippen LogP contribution < -0.4 is 0 Å². The zero-order valence-electron chi connectivity index (χ0n) is 52.9. The lowest BCUT2D eigenvalue weighted by molar-refractivity contribution is -0.167. The first kappa shape index (κ1) is 76.1. The van der Waals surface area contributed by atoms with Crippen molar-refractivity contribution in [1.29, 1.82) is 0 Å². The molecule has 0 N–H and O–H groups in total. The Hall–Kier alpha value is -2.89. The van der Waals surface area contributed by atoms with Gasteiger partial charge in [0.15, 0.2) is 6.10 Å². The molecule has 0 fully saturated rings. The summed E-state index contributed by atoms with van der Waals surface area (Å²) in [7, 11) is 0. The molecule has 0 aliphatic carbocycles. The average molecular weight is 1110 g/mol. The highest BCUT2D eigenvalue weighted by Crippen LogP contribution is 2.18. The Morgan fingerprint density at radius 1 is 0.266 bits per heavy atom. The van der Waals surface area contributed by atoms with E-state index < -0.39 is 6.10 Å². The fraction of sp³-hybridized carbons (Fsp3) is 0.822. The van der Waals surface area contributed by atoms with E-state index in [-0.39, 0.29) is 31.1 Å². The highest BCUT2D eigenvalue weighted by Gasteiger charge is 2.19. The van der Waals surface area contributed by atoms with E-state index in [1.165, 1.54) is 218 Å². The lowest BCUT2D eigenvalue weighted by atomic mass is 10.0. The van der Waals surface area contributed by atoms with Gasteiger partial charge in [0, 0.05) is 19.3 Å². The van der Waals surface area contributed by atoms with Crippen LogP contribution in [0.2, 0.25) is 0 Å². The number of unbranched alkanes of at least 4 members (excludes halogenated alkanes) is 43. The third kappa shape index (κ3) is 65.8. The maximum Gasteiger partial charge on any atom is 0.306 e. The van der Waals surface area contributed by atoms with Gasteiger partial charge in [0.25, 0.3) is 0 Å². The van der Waals surface area contributed by atoms with Gasteiger partial charge >= 0.3 is 17.9 Å². The van der Waals surface area contributed by atoms with Crippen molar-refractivity contribution < 1.29 is 28.6 Å². The Labute approximate surface area is 491 Å². The first-order valence-corrected chi connectivity index (χ1v) is 34.8. The van der Waals surface area contributed by atoms with E-state index in [0.29, 0.717) is 19.3 Å². The van der Waals surface area contributed by atoms with E-state index in [2.05, 4.69) is 81.5 Å². The molecule has 0 radical (unpaired) electrons. The van der Waals surface area contributed by atoms with Crippen molar-refractivity contribution in [3.63, 3.8) is 0 Å². The minimum atomic E-state index is -0.783. The van der Waals surface area contributed by atoms with Crippen molar-refractivity contribution in [3.05, 3.63) is 60.8 Å². The Morgan fingerprint density at radius 2 is 0.494 bits per heavy atom. The molecule has 0 rings (SSSR count). The summed E-state index contributed by atoms with van der Waals surface area (Å²) in [4.78, 5) is 38.4. The van der Waals surface area contributed by atoms with Gasteiger partial charge in [-0.2, -0.15) is 0 Å². The first-order valence-electron chi connectivity index (χ1n) is 34.8. The van der Waals surface area contributed by atoms with Gasteiger partial charge in [0.05, 0.1) is 0 Å². The maximum atomic E-state index is 12.9. The molecule has 6 heteroatoms. The van der Waals surface area contributed by atoms with Crippen molar-refractivity contribution in [2.75, 3.05) is 13.2 Å². The summed E-state index contributed by atoms with van der Waals surface area (Å²) in [5, 5.41) is 0. The molecule has 0 amide bonds. The van der Waals surface area contributed by atoms with Crippen LogP contribution in [0.5, 0.6) is 0 Å². The Morgan fingerprint density at radius 3 is 0.772 bits per heavy atom.